The van der Waals surface area contributed by atoms with Crippen LogP contribution in [0.3, 0.4) is 0 Å². The molecule has 0 aromatic carbocycles. The molecule has 0 amide bonds. The first-order chi connectivity index (χ1) is 6.06. The first-order valence-corrected chi connectivity index (χ1v) is 4.54. The summed E-state index contributed by atoms with van der Waals surface area (Å²) in [5.74, 6) is 0. The fourth-order valence-corrected chi connectivity index (χ4v) is 1.70. The summed E-state index contributed by atoms with van der Waals surface area (Å²) in [5, 5.41) is 0. The number of aryl methyl sites for hydroxylation is 1. The number of halogens is 3. The minimum atomic E-state index is -2.63. The van der Waals surface area contributed by atoms with E-state index in [0.29, 0.717) is 15.7 Å². The Labute approximate surface area is 87.5 Å². The molecule has 0 spiro atoms. The fourth-order valence-electron chi connectivity index (χ4n) is 1.00. The van der Waals surface area contributed by atoms with E-state index in [1.165, 1.54) is 13.0 Å². The second-order valence-electron chi connectivity index (χ2n) is 2.45. The number of nitrogens with zero attached hydrogens (tertiary/aromatic N) is 1. The molecule has 0 N–H and O–H groups in total. The monoisotopic (exact) mass is 297 g/mol. The van der Waals surface area contributed by atoms with Crippen LogP contribution in [-0.4, -0.2) is 11.3 Å². The lowest BCUT2D eigenvalue weighted by molar-refractivity contribution is 0.110. The van der Waals surface area contributed by atoms with Crippen LogP contribution < -0.4 is 0 Å². The van der Waals surface area contributed by atoms with Gasteiger partial charge in [0.05, 0.1) is 0 Å². The van der Waals surface area contributed by atoms with E-state index in [4.69, 9.17) is 0 Å². The molecule has 13 heavy (non-hydrogen) atoms. The van der Waals surface area contributed by atoms with Gasteiger partial charge in [-0.1, -0.05) is 0 Å². The van der Waals surface area contributed by atoms with Crippen molar-refractivity contribution in [2.24, 2.45) is 0 Å². The summed E-state index contributed by atoms with van der Waals surface area (Å²) >= 11 is 1.84. The van der Waals surface area contributed by atoms with Gasteiger partial charge in [-0.15, -0.1) is 0 Å². The molecule has 2 nitrogen and oxygen atoms in total. The van der Waals surface area contributed by atoms with Crippen molar-refractivity contribution in [1.29, 1.82) is 0 Å². The zero-order chi connectivity index (χ0) is 10.0. The van der Waals surface area contributed by atoms with Gasteiger partial charge < -0.3 is 0 Å². The second-order valence-corrected chi connectivity index (χ2v) is 3.56. The SMILES string of the molecule is Cc1nc(I)cc(C(F)F)c1C=O. The van der Waals surface area contributed by atoms with Crippen molar-refractivity contribution in [2.75, 3.05) is 0 Å². The van der Waals surface area contributed by atoms with Crippen molar-refractivity contribution < 1.29 is 13.6 Å². The number of carbonyl (C=O) groups excluding carboxylic acids is 1. The Morgan fingerprint density at radius 3 is 2.69 bits per heavy atom. The molecule has 1 rings (SSSR count). The number of aldehydes is 1. The third-order valence-electron chi connectivity index (χ3n) is 1.60. The number of alkyl halides is 2. The molecule has 1 aromatic rings. The van der Waals surface area contributed by atoms with Crippen LogP contribution in [0.1, 0.15) is 28.0 Å². The smallest absolute Gasteiger partial charge is 0.264 e. The maximum atomic E-state index is 12.4. The molecule has 1 heterocycles. The predicted molar refractivity (Wildman–Crippen MR) is 52.0 cm³/mol. The standard InChI is InChI=1S/C8H6F2INO/c1-4-6(3-13)5(8(9)10)2-7(11)12-4/h2-3,8H,1H3. The van der Waals surface area contributed by atoms with Crippen molar-refractivity contribution in [3.05, 3.63) is 26.6 Å². The highest BCUT2D eigenvalue weighted by molar-refractivity contribution is 14.1. The predicted octanol–water partition coefficient (Wildman–Crippen LogP) is 2.74. The Bertz CT molecular complexity index is 341. The van der Waals surface area contributed by atoms with Crippen LogP contribution in [0.5, 0.6) is 0 Å². The largest absolute Gasteiger partial charge is 0.298 e. The van der Waals surface area contributed by atoms with Crippen LogP contribution in [0.25, 0.3) is 0 Å². The molecule has 0 aliphatic heterocycles. The maximum absolute atomic E-state index is 12.4. The van der Waals surface area contributed by atoms with Gasteiger partial charge in [-0.3, -0.25) is 4.79 Å². The molecule has 5 heteroatoms. The molecule has 70 valence electrons. The molecule has 0 aliphatic carbocycles. The van der Waals surface area contributed by atoms with Crippen LogP contribution in [0.2, 0.25) is 0 Å². The summed E-state index contributed by atoms with van der Waals surface area (Å²) in [5.41, 5.74) is 0.0968. The molecule has 0 aliphatic rings. The summed E-state index contributed by atoms with van der Waals surface area (Å²) in [7, 11) is 0. The van der Waals surface area contributed by atoms with Gasteiger partial charge in [0.1, 0.15) is 3.70 Å². The van der Waals surface area contributed by atoms with Gasteiger partial charge in [-0.25, -0.2) is 13.8 Å². The third kappa shape index (κ3) is 2.20. The van der Waals surface area contributed by atoms with E-state index in [1.54, 1.807) is 0 Å². The van der Waals surface area contributed by atoms with Crippen LogP contribution in [0, 0.1) is 10.6 Å². The number of aromatic nitrogens is 1. The molecule has 0 unspecified atom stereocenters. The molecular formula is C8H6F2INO. The Balaban J connectivity index is 3.38. The van der Waals surface area contributed by atoms with Crippen molar-refractivity contribution in [1.82, 2.24) is 4.98 Å². The number of pyridine rings is 1. The van der Waals surface area contributed by atoms with Gasteiger partial charge in [0.15, 0.2) is 6.29 Å². The Kier molecular flexibility index (Phi) is 3.29. The Hall–Kier alpha value is -0.590. The van der Waals surface area contributed by atoms with Crippen molar-refractivity contribution >= 4 is 28.9 Å². The molecular weight excluding hydrogens is 291 g/mol. The Morgan fingerprint density at radius 2 is 2.23 bits per heavy atom. The van der Waals surface area contributed by atoms with Gasteiger partial charge in [0.25, 0.3) is 6.43 Å². The van der Waals surface area contributed by atoms with Gasteiger partial charge in [-0.05, 0) is 35.6 Å². The molecule has 0 bridgehead atoms. The maximum Gasteiger partial charge on any atom is 0.264 e. The van der Waals surface area contributed by atoms with Gasteiger partial charge in [-0.2, -0.15) is 0 Å². The summed E-state index contributed by atoms with van der Waals surface area (Å²) in [4.78, 5) is 14.4. The highest BCUT2D eigenvalue weighted by Crippen LogP contribution is 2.24. The number of hydrogen-bond acceptors (Lipinski definition) is 2. The zero-order valence-electron chi connectivity index (χ0n) is 6.72. The highest BCUT2D eigenvalue weighted by atomic mass is 127. The van der Waals surface area contributed by atoms with E-state index < -0.39 is 6.43 Å². The molecule has 0 saturated carbocycles. The molecule has 0 fully saturated rings. The first kappa shape index (κ1) is 10.5. The van der Waals surface area contributed by atoms with Gasteiger partial charge in [0, 0.05) is 16.8 Å². The molecule has 0 radical (unpaired) electrons. The average Bonchev–Trinajstić information content (AvgIpc) is 2.02. The van der Waals surface area contributed by atoms with Crippen LogP contribution >= 0.6 is 22.6 Å². The van der Waals surface area contributed by atoms with E-state index in [0.717, 1.165) is 0 Å². The number of rotatable bonds is 2. The quantitative estimate of drug-likeness (QED) is 0.477. The second kappa shape index (κ2) is 4.08. The van der Waals surface area contributed by atoms with E-state index in [9.17, 15) is 13.6 Å². The van der Waals surface area contributed by atoms with Gasteiger partial charge >= 0.3 is 0 Å². The minimum absolute atomic E-state index is 0.00424. The first-order valence-electron chi connectivity index (χ1n) is 3.46. The van der Waals surface area contributed by atoms with Gasteiger partial charge in [0.2, 0.25) is 0 Å². The van der Waals surface area contributed by atoms with Crippen molar-refractivity contribution in [3.8, 4) is 0 Å². The molecule has 1 aromatic heterocycles. The third-order valence-corrected chi connectivity index (χ3v) is 2.16. The van der Waals surface area contributed by atoms with Crippen molar-refractivity contribution in [2.45, 2.75) is 13.3 Å². The van der Waals surface area contributed by atoms with Crippen LogP contribution in [0.15, 0.2) is 6.07 Å². The van der Waals surface area contributed by atoms with E-state index in [-0.39, 0.29) is 11.1 Å². The average molecular weight is 297 g/mol. The topological polar surface area (TPSA) is 30.0 Å². The lowest BCUT2D eigenvalue weighted by Gasteiger charge is -2.06. The van der Waals surface area contributed by atoms with E-state index in [1.807, 2.05) is 22.6 Å². The van der Waals surface area contributed by atoms with Crippen LogP contribution in [0.4, 0.5) is 8.78 Å². The van der Waals surface area contributed by atoms with Crippen molar-refractivity contribution in [3.63, 3.8) is 0 Å². The highest BCUT2D eigenvalue weighted by Gasteiger charge is 2.16. The zero-order valence-corrected chi connectivity index (χ0v) is 8.88. The lowest BCUT2D eigenvalue weighted by atomic mass is 10.1. The van der Waals surface area contributed by atoms with Crippen LogP contribution in [-0.2, 0) is 0 Å². The summed E-state index contributed by atoms with van der Waals surface area (Å²) in [6.07, 6.45) is -2.21. The van der Waals surface area contributed by atoms with E-state index >= 15 is 0 Å². The minimum Gasteiger partial charge on any atom is -0.298 e. The normalized spacial score (nSPS) is 10.5. The summed E-state index contributed by atoms with van der Waals surface area (Å²) in [6.45, 7) is 1.54. The van der Waals surface area contributed by atoms with E-state index in [2.05, 4.69) is 4.98 Å². The molecule has 0 atom stereocenters. The fraction of sp³-hybridized carbons (Fsp3) is 0.250. The number of carbonyl (C=O) groups is 1. The Morgan fingerprint density at radius 1 is 1.62 bits per heavy atom. The number of hydrogen-bond donors (Lipinski definition) is 0. The molecule has 0 saturated heterocycles. The summed E-state index contributed by atoms with van der Waals surface area (Å²) < 4.78 is 25.2. The summed E-state index contributed by atoms with van der Waals surface area (Å²) in [6, 6.07) is 1.22. The lowest BCUT2D eigenvalue weighted by Crippen LogP contribution is -2.01.